The van der Waals surface area contributed by atoms with Crippen molar-refractivity contribution >= 4 is 5.91 Å². The smallest absolute Gasteiger partial charge is 0.246 e. The maximum Gasteiger partial charge on any atom is 0.246 e. The van der Waals surface area contributed by atoms with Crippen LogP contribution in [0, 0.1) is 12.8 Å². The van der Waals surface area contributed by atoms with Gasteiger partial charge in [0.05, 0.1) is 0 Å². The molecule has 1 amide bonds. The highest BCUT2D eigenvalue weighted by molar-refractivity contribution is 5.77. The summed E-state index contributed by atoms with van der Waals surface area (Å²) in [6.07, 6.45) is 3.26. The molecular weight excluding hydrogens is 288 g/mol. The minimum Gasteiger partial charge on any atom is -0.372 e. The first-order chi connectivity index (χ1) is 11.2. The number of benzene rings is 1. The highest BCUT2D eigenvalue weighted by atomic mass is 16.5. The average Bonchev–Trinajstić information content (AvgIpc) is 2.57. The maximum absolute atomic E-state index is 11.6. The number of hydrogen-bond donors (Lipinski definition) is 1. The highest BCUT2D eigenvalue weighted by Gasteiger charge is 2.19. The van der Waals surface area contributed by atoms with E-state index in [4.69, 9.17) is 4.74 Å². The fraction of sp³-hybridized carbons (Fsp3) is 0.632. The molecule has 0 unspecified atom stereocenters. The van der Waals surface area contributed by atoms with Crippen LogP contribution < -0.4 is 5.32 Å². The van der Waals surface area contributed by atoms with Gasteiger partial charge in [0, 0.05) is 19.7 Å². The number of carbonyl (C=O) groups is 1. The summed E-state index contributed by atoms with van der Waals surface area (Å²) >= 11 is 0. The number of carbonyl (C=O) groups excluding carboxylic acids is 1. The van der Waals surface area contributed by atoms with E-state index >= 15 is 0 Å². The summed E-state index contributed by atoms with van der Waals surface area (Å²) in [5, 5.41) is 3.00. The van der Waals surface area contributed by atoms with Crippen molar-refractivity contribution in [3.8, 4) is 0 Å². The lowest BCUT2D eigenvalue weighted by Crippen LogP contribution is -2.39. The number of hydrogen-bond acceptors (Lipinski definition) is 3. The molecule has 0 aromatic heterocycles. The van der Waals surface area contributed by atoms with E-state index < -0.39 is 0 Å². The van der Waals surface area contributed by atoms with Gasteiger partial charge in [0.1, 0.15) is 6.61 Å². The normalized spacial score (nSPS) is 16.4. The predicted molar refractivity (Wildman–Crippen MR) is 93.3 cm³/mol. The summed E-state index contributed by atoms with van der Waals surface area (Å²) < 4.78 is 5.26. The van der Waals surface area contributed by atoms with Crippen LogP contribution in [0.5, 0.6) is 0 Å². The molecule has 0 atom stereocenters. The van der Waals surface area contributed by atoms with Gasteiger partial charge in [0.25, 0.3) is 0 Å². The second-order valence-corrected chi connectivity index (χ2v) is 6.56. The summed E-state index contributed by atoms with van der Waals surface area (Å²) in [7, 11) is 0. The zero-order valence-corrected chi connectivity index (χ0v) is 14.5. The topological polar surface area (TPSA) is 41.6 Å². The van der Waals surface area contributed by atoms with E-state index in [1.807, 2.05) is 6.92 Å². The molecule has 2 rings (SSSR count). The molecule has 4 heteroatoms. The molecule has 1 aromatic carbocycles. The molecule has 1 aliphatic heterocycles. The molecule has 0 bridgehead atoms. The SMILES string of the molecule is CCCOCC(=O)NCC1CCN(Cc2ccc(C)cc2)CC1. The fourth-order valence-corrected chi connectivity index (χ4v) is 2.92. The minimum atomic E-state index is 0.0144. The van der Waals surface area contributed by atoms with Crippen molar-refractivity contribution in [1.29, 1.82) is 0 Å². The summed E-state index contributed by atoms with van der Waals surface area (Å²) in [6, 6.07) is 8.80. The first-order valence-corrected chi connectivity index (χ1v) is 8.79. The number of likely N-dealkylation sites (tertiary alicyclic amines) is 1. The summed E-state index contributed by atoms with van der Waals surface area (Å²) in [4.78, 5) is 14.2. The lowest BCUT2D eigenvalue weighted by atomic mass is 9.96. The third-order valence-corrected chi connectivity index (χ3v) is 4.40. The van der Waals surface area contributed by atoms with E-state index in [9.17, 15) is 4.79 Å². The van der Waals surface area contributed by atoms with Crippen molar-refractivity contribution in [1.82, 2.24) is 10.2 Å². The van der Waals surface area contributed by atoms with Crippen LogP contribution in [0.3, 0.4) is 0 Å². The minimum absolute atomic E-state index is 0.0144. The van der Waals surface area contributed by atoms with Crippen LogP contribution in [-0.4, -0.2) is 43.7 Å². The highest BCUT2D eigenvalue weighted by Crippen LogP contribution is 2.18. The molecule has 23 heavy (non-hydrogen) atoms. The lowest BCUT2D eigenvalue weighted by molar-refractivity contribution is -0.125. The molecule has 1 heterocycles. The van der Waals surface area contributed by atoms with Gasteiger partial charge in [-0.1, -0.05) is 36.8 Å². The predicted octanol–water partition coefficient (Wildman–Crippen LogP) is 2.75. The van der Waals surface area contributed by atoms with Crippen LogP contribution in [0.2, 0.25) is 0 Å². The van der Waals surface area contributed by atoms with Crippen LogP contribution in [0.1, 0.15) is 37.3 Å². The van der Waals surface area contributed by atoms with Crippen LogP contribution >= 0.6 is 0 Å². The third-order valence-electron chi connectivity index (χ3n) is 4.40. The largest absolute Gasteiger partial charge is 0.372 e. The van der Waals surface area contributed by atoms with E-state index in [-0.39, 0.29) is 12.5 Å². The zero-order chi connectivity index (χ0) is 16.5. The van der Waals surface area contributed by atoms with Gasteiger partial charge in [-0.2, -0.15) is 0 Å². The van der Waals surface area contributed by atoms with Gasteiger partial charge < -0.3 is 10.1 Å². The van der Waals surface area contributed by atoms with E-state index in [2.05, 4.69) is 41.4 Å². The van der Waals surface area contributed by atoms with Crippen molar-refractivity contribution in [3.05, 3.63) is 35.4 Å². The number of nitrogens with zero attached hydrogens (tertiary/aromatic N) is 1. The van der Waals surface area contributed by atoms with Crippen molar-refractivity contribution in [3.63, 3.8) is 0 Å². The van der Waals surface area contributed by atoms with Gasteiger partial charge in [-0.3, -0.25) is 9.69 Å². The molecule has 1 aromatic rings. The van der Waals surface area contributed by atoms with E-state index in [1.165, 1.54) is 11.1 Å². The Kier molecular flexibility index (Phi) is 7.56. The van der Waals surface area contributed by atoms with Gasteiger partial charge in [-0.05, 0) is 50.8 Å². The molecule has 128 valence electrons. The van der Waals surface area contributed by atoms with Gasteiger partial charge in [0.15, 0.2) is 0 Å². The monoisotopic (exact) mass is 318 g/mol. The van der Waals surface area contributed by atoms with Crippen LogP contribution in [0.15, 0.2) is 24.3 Å². The Morgan fingerprint density at radius 2 is 1.96 bits per heavy atom. The maximum atomic E-state index is 11.6. The number of nitrogens with one attached hydrogen (secondary N) is 1. The van der Waals surface area contributed by atoms with Gasteiger partial charge in [0.2, 0.25) is 5.91 Å². The Hall–Kier alpha value is -1.39. The van der Waals surface area contributed by atoms with Crippen LogP contribution in [-0.2, 0) is 16.1 Å². The molecule has 1 N–H and O–H groups in total. The molecule has 1 fully saturated rings. The average molecular weight is 318 g/mol. The Morgan fingerprint density at radius 3 is 2.61 bits per heavy atom. The second-order valence-electron chi connectivity index (χ2n) is 6.56. The fourth-order valence-electron chi connectivity index (χ4n) is 2.92. The summed E-state index contributed by atoms with van der Waals surface area (Å²) in [6.45, 7) is 9.06. The van der Waals surface area contributed by atoms with E-state index in [0.29, 0.717) is 12.5 Å². The first kappa shape index (κ1) is 18.0. The molecule has 0 spiro atoms. The number of rotatable bonds is 8. The Bertz CT molecular complexity index is 465. The zero-order valence-electron chi connectivity index (χ0n) is 14.5. The third kappa shape index (κ3) is 6.71. The Morgan fingerprint density at radius 1 is 1.26 bits per heavy atom. The van der Waals surface area contributed by atoms with Crippen LogP contribution in [0.4, 0.5) is 0 Å². The second kappa shape index (κ2) is 9.68. The molecule has 1 aliphatic rings. The summed E-state index contributed by atoms with van der Waals surface area (Å²) in [5.74, 6) is 0.611. The van der Waals surface area contributed by atoms with Crippen molar-refractivity contribution in [2.24, 2.45) is 5.92 Å². The van der Waals surface area contributed by atoms with Crippen molar-refractivity contribution in [2.75, 3.05) is 32.8 Å². The number of piperidine rings is 1. The summed E-state index contributed by atoms with van der Waals surface area (Å²) in [5.41, 5.74) is 2.70. The molecule has 1 saturated heterocycles. The number of amides is 1. The number of aryl methyl sites for hydroxylation is 1. The Labute approximate surface area is 140 Å². The van der Waals surface area contributed by atoms with Gasteiger partial charge in [-0.25, -0.2) is 0 Å². The van der Waals surface area contributed by atoms with E-state index in [1.54, 1.807) is 0 Å². The van der Waals surface area contributed by atoms with Crippen molar-refractivity contribution < 1.29 is 9.53 Å². The number of ether oxygens (including phenoxy) is 1. The Balaban J connectivity index is 1.62. The first-order valence-electron chi connectivity index (χ1n) is 8.79. The van der Waals surface area contributed by atoms with Crippen molar-refractivity contribution in [2.45, 2.75) is 39.7 Å². The van der Waals surface area contributed by atoms with Gasteiger partial charge in [-0.15, -0.1) is 0 Å². The lowest BCUT2D eigenvalue weighted by Gasteiger charge is -2.32. The van der Waals surface area contributed by atoms with Gasteiger partial charge >= 0.3 is 0 Å². The molecule has 0 aliphatic carbocycles. The molecule has 0 saturated carbocycles. The molecule has 0 radical (unpaired) electrons. The molecular formula is C19H30N2O2. The van der Waals surface area contributed by atoms with E-state index in [0.717, 1.165) is 45.4 Å². The molecule has 4 nitrogen and oxygen atoms in total. The van der Waals surface area contributed by atoms with Crippen LogP contribution in [0.25, 0.3) is 0 Å². The standard InChI is InChI=1S/C19H30N2O2/c1-3-12-23-15-19(22)20-13-17-8-10-21(11-9-17)14-18-6-4-16(2)5-7-18/h4-7,17H,3,8-15H2,1-2H3,(H,20,22). The quantitative estimate of drug-likeness (QED) is 0.749.